The zero-order valence-electron chi connectivity index (χ0n) is 12.3. The van der Waals surface area contributed by atoms with Crippen molar-refractivity contribution < 1.29 is 0 Å². The molecular weight excluding hydrogens is 224 g/mol. The third-order valence-electron chi connectivity index (χ3n) is 4.46. The maximum absolute atomic E-state index is 6.29. The summed E-state index contributed by atoms with van der Waals surface area (Å²) in [5, 5.41) is 0. The Bertz CT molecular complexity index is 324. The molecule has 4 heteroatoms. The first kappa shape index (κ1) is 13.5. The van der Waals surface area contributed by atoms with Gasteiger partial charge in [-0.05, 0) is 33.9 Å². The highest BCUT2D eigenvalue weighted by molar-refractivity contribution is 5.19. The molecule has 0 aromatic rings. The van der Waals surface area contributed by atoms with Crippen molar-refractivity contribution in [1.29, 1.82) is 0 Å². The molecule has 0 spiro atoms. The minimum Gasteiger partial charge on any atom is -0.399 e. The van der Waals surface area contributed by atoms with Gasteiger partial charge in [0.1, 0.15) is 5.82 Å². The van der Waals surface area contributed by atoms with E-state index in [0.717, 1.165) is 31.8 Å². The van der Waals surface area contributed by atoms with E-state index in [-0.39, 0.29) is 0 Å². The molecule has 0 aromatic carbocycles. The second-order valence-corrected chi connectivity index (χ2v) is 5.75. The maximum Gasteiger partial charge on any atom is 0.124 e. The first-order valence-electron chi connectivity index (χ1n) is 7.25. The molecule has 2 aliphatic rings. The van der Waals surface area contributed by atoms with Crippen LogP contribution in [0.3, 0.4) is 0 Å². The highest BCUT2D eigenvalue weighted by Crippen LogP contribution is 2.32. The number of nitrogens with zero attached hydrogens (tertiary/aromatic N) is 3. The first-order valence-corrected chi connectivity index (χ1v) is 7.25. The van der Waals surface area contributed by atoms with Crippen LogP contribution in [0.4, 0.5) is 0 Å². The molecule has 0 aliphatic carbocycles. The van der Waals surface area contributed by atoms with Crippen molar-refractivity contribution in [2.45, 2.75) is 45.2 Å². The first-order chi connectivity index (χ1) is 8.58. The number of hydrogen-bond acceptors (Lipinski definition) is 4. The van der Waals surface area contributed by atoms with Crippen LogP contribution >= 0.6 is 0 Å². The van der Waals surface area contributed by atoms with Gasteiger partial charge in [0.15, 0.2) is 0 Å². The highest BCUT2D eigenvalue weighted by atomic mass is 15.4. The lowest BCUT2D eigenvalue weighted by molar-refractivity contribution is 0.198. The Morgan fingerprint density at radius 1 is 1.33 bits per heavy atom. The van der Waals surface area contributed by atoms with Crippen molar-refractivity contribution in [3.8, 4) is 0 Å². The molecule has 2 aliphatic heterocycles. The average molecular weight is 252 g/mol. The number of nitrogens with two attached hydrogens (primary N) is 1. The summed E-state index contributed by atoms with van der Waals surface area (Å²) in [6, 6.07) is 1.29. The Morgan fingerprint density at radius 2 is 2.06 bits per heavy atom. The van der Waals surface area contributed by atoms with Gasteiger partial charge in [-0.1, -0.05) is 6.92 Å². The summed E-state index contributed by atoms with van der Waals surface area (Å²) in [7, 11) is 4.35. The number of likely N-dealkylation sites (tertiary alicyclic amines) is 1. The molecular formula is C14H28N4. The lowest BCUT2D eigenvalue weighted by Gasteiger charge is -2.33. The topological polar surface area (TPSA) is 35.7 Å². The summed E-state index contributed by atoms with van der Waals surface area (Å²) in [6.45, 7) is 7.83. The fraction of sp³-hybridized carbons (Fsp3) is 0.857. The molecule has 4 nitrogen and oxygen atoms in total. The normalized spacial score (nSPS) is 28.9. The molecule has 2 atom stereocenters. The highest BCUT2D eigenvalue weighted by Gasteiger charge is 2.35. The second-order valence-electron chi connectivity index (χ2n) is 5.75. The fourth-order valence-corrected chi connectivity index (χ4v) is 3.33. The summed E-state index contributed by atoms with van der Waals surface area (Å²) >= 11 is 0. The van der Waals surface area contributed by atoms with Gasteiger partial charge < -0.3 is 20.4 Å². The molecule has 2 N–H and O–H groups in total. The summed E-state index contributed by atoms with van der Waals surface area (Å²) in [6.07, 6.45) is 3.48. The molecule has 1 fully saturated rings. The smallest absolute Gasteiger partial charge is 0.124 e. The van der Waals surface area contributed by atoms with Crippen molar-refractivity contribution in [2.24, 2.45) is 5.73 Å². The summed E-state index contributed by atoms with van der Waals surface area (Å²) in [5.74, 6) is 1.33. The number of likely N-dealkylation sites (N-methyl/N-ethyl adjacent to an activating group) is 1. The second kappa shape index (κ2) is 5.39. The molecule has 0 saturated carbocycles. The van der Waals surface area contributed by atoms with E-state index in [1.807, 2.05) is 0 Å². The maximum atomic E-state index is 6.29. The van der Waals surface area contributed by atoms with Crippen LogP contribution in [-0.2, 0) is 0 Å². The molecule has 0 amide bonds. The fourth-order valence-electron chi connectivity index (χ4n) is 3.33. The van der Waals surface area contributed by atoms with Crippen LogP contribution in [0.2, 0.25) is 0 Å². The molecule has 0 bridgehead atoms. The van der Waals surface area contributed by atoms with Crippen LogP contribution in [0.25, 0.3) is 0 Å². The van der Waals surface area contributed by atoms with Gasteiger partial charge >= 0.3 is 0 Å². The SMILES string of the molecule is CCC1CC(N)=C(N2CCC(N(C)C)C2)N1CC. The Balaban J connectivity index is 2.10. The van der Waals surface area contributed by atoms with E-state index in [1.54, 1.807) is 0 Å². The van der Waals surface area contributed by atoms with Crippen molar-refractivity contribution in [2.75, 3.05) is 33.7 Å². The van der Waals surface area contributed by atoms with E-state index in [0.29, 0.717) is 12.1 Å². The minimum atomic E-state index is 0.614. The summed E-state index contributed by atoms with van der Waals surface area (Å²) in [4.78, 5) is 7.34. The standard InChI is InChI=1S/C14H28N4/c1-5-11-9-13(15)14(18(11)6-2)17-8-7-12(10-17)16(3)4/h11-12H,5-10,15H2,1-4H3. The van der Waals surface area contributed by atoms with Crippen LogP contribution in [0, 0.1) is 0 Å². The van der Waals surface area contributed by atoms with E-state index in [9.17, 15) is 0 Å². The lowest BCUT2D eigenvalue weighted by atomic mass is 10.1. The largest absolute Gasteiger partial charge is 0.399 e. The van der Waals surface area contributed by atoms with Crippen LogP contribution in [0.5, 0.6) is 0 Å². The average Bonchev–Trinajstić information content (AvgIpc) is 2.92. The van der Waals surface area contributed by atoms with Gasteiger partial charge in [-0.15, -0.1) is 0 Å². The minimum absolute atomic E-state index is 0.614. The molecule has 0 aromatic heterocycles. The van der Waals surface area contributed by atoms with Gasteiger partial charge in [-0.2, -0.15) is 0 Å². The lowest BCUT2D eigenvalue weighted by Crippen LogP contribution is -2.38. The zero-order valence-corrected chi connectivity index (χ0v) is 12.3. The third kappa shape index (κ3) is 2.30. The van der Waals surface area contributed by atoms with Crippen molar-refractivity contribution >= 4 is 0 Å². The molecule has 2 unspecified atom stereocenters. The van der Waals surface area contributed by atoms with E-state index in [1.165, 1.54) is 18.7 Å². The predicted octanol–water partition coefficient (Wildman–Crippen LogP) is 1.25. The predicted molar refractivity (Wildman–Crippen MR) is 76.0 cm³/mol. The van der Waals surface area contributed by atoms with Gasteiger partial charge in [0.2, 0.25) is 0 Å². The quantitative estimate of drug-likeness (QED) is 0.817. The van der Waals surface area contributed by atoms with Crippen molar-refractivity contribution in [3.63, 3.8) is 0 Å². The number of hydrogen-bond donors (Lipinski definition) is 1. The third-order valence-corrected chi connectivity index (χ3v) is 4.46. The molecule has 18 heavy (non-hydrogen) atoms. The van der Waals surface area contributed by atoms with Crippen LogP contribution in [0.1, 0.15) is 33.1 Å². The summed E-state index contributed by atoms with van der Waals surface area (Å²) in [5.41, 5.74) is 7.40. The van der Waals surface area contributed by atoms with Crippen LogP contribution in [-0.4, -0.2) is 60.5 Å². The molecule has 1 saturated heterocycles. The molecule has 2 heterocycles. The Morgan fingerprint density at radius 3 is 2.56 bits per heavy atom. The van der Waals surface area contributed by atoms with Gasteiger partial charge in [0.05, 0.1) is 5.70 Å². The Labute approximate surface area is 111 Å². The van der Waals surface area contributed by atoms with E-state index >= 15 is 0 Å². The van der Waals surface area contributed by atoms with Crippen LogP contribution < -0.4 is 5.73 Å². The van der Waals surface area contributed by atoms with Crippen LogP contribution in [0.15, 0.2) is 11.5 Å². The van der Waals surface area contributed by atoms with Gasteiger partial charge in [0.25, 0.3) is 0 Å². The number of rotatable bonds is 4. The Hall–Kier alpha value is -0.900. The molecule has 2 rings (SSSR count). The Kier molecular flexibility index (Phi) is 4.05. The van der Waals surface area contributed by atoms with Gasteiger partial charge in [-0.25, -0.2) is 0 Å². The van der Waals surface area contributed by atoms with Gasteiger partial charge in [-0.3, -0.25) is 0 Å². The summed E-state index contributed by atoms with van der Waals surface area (Å²) < 4.78 is 0. The van der Waals surface area contributed by atoms with Gasteiger partial charge in [0, 0.05) is 38.1 Å². The zero-order chi connectivity index (χ0) is 13.3. The van der Waals surface area contributed by atoms with Crippen molar-refractivity contribution in [3.05, 3.63) is 11.5 Å². The van der Waals surface area contributed by atoms with E-state index in [2.05, 4.69) is 42.6 Å². The monoisotopic (exact) mass is 252 g/mol. The van der Waals surface area contributed by atoms with E-state index < -0.39 is 0 Å². The molecule has 0 radical (unpaired) electrons. The molecule has 104 valence electrons. The van der Waals surface area contributed by atoms with E-state index in [4.69, 9.17) is 5.73 Å². The van der Waals surface area contributed by atoms with Crippen molar-refractivity contribution in [1.82, 2.24) is 14.7 Å².